The Bertz CT molecular complexity index is 1020. The molecule has 0 atom stereocenters. The highest BCUT2D eigenvalue weighted by molar-refractivity contribution is 6.34. The molecule has 0 heterocycles. The van der Waals surface area contributed by atoms with E-state index in [4.69, 9.17) is 32.7 Å². The van der Waals surface area contributed by atoms with E-state index < -0.39 is 0 Å². The summed E-state index contributed by atoms with van der Waals surface area (Å²) in [6, 6.07) is 17.8. The maximum Gasteiger partial charge on any atom is 0.255 e. The molecule has 0 aliphatic carbocycles. The van der Waals surface area contributed by atoms with Crippen molar-refractivity contribution in [1.29, 1.82) is 0 Å². The molecule has 4 nitrogen and oxygen atoms in total. The van der Waals surface area contributed by atoms with Gasteiger partial charge in [0.2, 0.25) is 0 Å². The summed E-state index contributed by atoms with van der Waals surface area (Å²) in [4.78, 5) is 12.7. The van der Waals surface area contributed by atoms with Gasteiger partial charge in [-0.2, -0.15) is 0 Å². The van der Waals surface area contributed by atoms with Gasteiger partial charge in [0.25, 0.3) is 5.91 Å². The van der Waals surface area contributed by atoms with Crippen LogP contribution in [0.1, 0.15) is 28.4 Å². The molecule has 3 rings (SSSR count). The Morgan fingerprint density at radius 2 is 1.76 bits per heavy atom. The highest BCUT2D eigenvalue weighted by Crippen LogP contribution is 2.26. The van der Waals surface area contributed by atoms with Gasteiger partial charge in [0.1, 0.15) is 18.1 Å². The summed E-state index contributed by atoms with van der Waals surface area (Å²) in [7, 11) is 0. The minimum atomic E-state index is -0.260. The Kier molecular flexibility index (Phi) is 7.02. The van der Waals surface area contributed by atoms with Gasteiger partial charge < -0.3 is 14.8 Å². The van der Waals surface area contributed by atoms with Crippen LogP contribution in [-0.4, -0.2) is 12.5 Å². The minimum absolute atomic E-state index is 0.254. The second kappa shape index (κ2) is 9.68. The predicted molar refractivity (Wildman–Crippen MR) is 118 cm³/mol. The number of para-hydroxylation sites is 1. The Labute approximate surface area is 180 Å². The van der Waals surface area contributed by atoms with Crippen molar-refractivity contribution in [2.24, 2.45) is 0 Å². The molecule has 0 radical (unpaired) electrons. The summed E-state index contributed by atoms with van der Waals surface area (Å²) < 4.78 is 11.6. The van der Waals surface area contributed by atoms with E-state index in [-0.39, 0.29) is 12.5 Å². The molecule has 0 spiro atoms. The number of hydrogen-bond donors (Lipinski definition) is 1. The van der Waals surface area contributed by atoms with Gasteiger partial charge in [-0.05, 0) is 67.9 Å². The molecule has 1 amide bonds. The summed E-state index contributed by atoms with van der Waals surface area (Å²) in [6.07, 6.45) is 0. The van der Waals surface area contributed by atoms with Gasteiger partial charge in [0.15, 0.2) is 0 Å². The van der Waals surface area contributed by atoms with Crippen molar-refractivity contribution in [1.82, 2.24) is 0 Å². The smallest absolute Gasteiger partial charge is 0.255 e. The summed E-state index contributed by atoms with van der Waals surface area (Å²) in [5, 5.41) is 3.99. The van der Waals surface area contributed by atoms with Crippen LogP contribution in [0.25, 0.3) is 0 Å². The molecular formula is C23H21Cl2NO3. The lowest BCUT2D eigenvalue weighted by Crippen LogP contribution is -2.13. The largest absolute Gasteiger partial charge is 0.493 e. The molecule has 6 heteroatoms. The number of rotatable bonds is 7. The van der Waals surface area contributed by atoms with Gasteiger partial charge >= 0.3 is 0 Å². The number of ether oxygens (including phenoxy) is 2. The van der Waals surface area contributed by atoms with Gasteiger partial charge in [-0.1, -0.05) is 35.3 Å². The lowest BCUT2D eigenvalue weighted by atomic mass is 10.1. The van der Waals surface area contributed by atoms with Gasteiger partial charge in [-0.3, -0.25) is 4.79 Å². The summed E-state index contributed by atoms with van der Waals surface area (Å²) in [5.74, 6) is 1.11. The number of hydrogen-bond acceptors (Lipinski definition) is 3. The minimum Gasteiger partial charge on any atom is -0.493 e. The summed E-state index contributed by atoms with van der Waals surface area (Å²) >= 11 is 12.2. The average molecular weight is 430 g/mol. The molecule has 0 saturated heterocycles. The van der Waals surface area contributed by atoms with Crippen molar-refractivity contribution in [2.75, 3.05) is 11.9 Å². The molecule has 3 aromatic rings. The van der Waals surface area contributed by atoms with Crippen molar-refractivity contribution in [3.05, 3.63) is 87.4 Å². The highest BCUT2D eigenvalue weighted by atomic mass is 35.5. The second-order valence-corrected chi connectivity index (χ2v) is 7.20. The van der Waals surface area contributed by atoms with Crippen LogP contribution >= 0.6 is 23.2 Å². The second-order valence-electron chi connectivity index (χ2n) is 6.39. The Balaban J connectivity index is 1.80. The zero-order valence-corrected chi connectivity index (χ0v) is 17.7. The number of aryl methyl sites for hydroxylation is 1. The Morgan fingerprint density at radius 1 is 0.966 bits per heavy atom. The fourth-order valence-corrected chi connectivity index (χ4v) is 3.06. The van der Waals surface area contributed by atoms with E-state index in [0.717, 1.165) is 11.1 Å². The first kappa shape index (κ1) is 21.0. The van der Waals surface area contributed by atoms with E-state index in [2.05, 4.69) is 5.32 Å². The zero-order valence-electron chi connectivity index (χ0n) is 16.2. The molecule has 0 aliphatic rings. The first-order valence-corrected chi connectivity index (χ1v) is 9.94. The number of benzene rings is 3. The summed E-state index contributed by atoms with van der Waals surface area (Å²) in [5.41, 5.74) is 2.75. The topological polar surface area (TPSA) is 47.6 Å². The molecule has 0 unspecified atom stereocenters. The molecule has 0 aromatic heterocycles. The van der Waals surface area contributed by atoms with Crippen molar-refractivity contribution in [2.45, 2.75) is 20.5 Å². The number of nitrogens with one attached hydrogen (secondary N) is 1. The van der Waals surface area contributed by atoms with Crippen molar-refractivity contribution < 1.29 is 14.3 Å². The third kappa shape index (κ3) is 5.43. The highest BCUT2D eigenvalue weighted by Gasteiger charge is 2.13. The normalized spacial score (nSPS) is 10.5. The zero-order chi connectivity index (χ0) is 20.8. The lowest BCUT2D eigenvalue weighted by molar-refractivity contribution is 0.102. The number of amides is 1. The SMILES string of the molecule is CCOc1ccc(C(=O)Nc2ccccc2Cl)cc1COc1ccc(Cl)c(C)c1. The third-order valence-corrected chi connectivity index (χ3v) is 5.02. The van der Waals surface area contributed by atoms with E-state index in [1.165, 1.54) is 0 Å². The average Bonchev–Trinajstić information content (AvgIpc) is 2.71. The quantitative estimate of drug-likeness (QED) is 0.464. The molecule has 0 fully saturated rings. The van der Waals surface area contributed by atoms with Crippen LogP contribution < -0.4 is 14.8 Å². The maximum atomic E-state index is 12.7. The van der Waals surface area contributed by atoms with Crippen molar-refractivity contribution in [3.63, 3.8) is 0 Å². The molecule has 1 N–H and O–H groups in total. The number of anilines is 1. The standard InChI is InChI=1S/C23H21Cl2NO3/c1-3-28-22-11-8-16(23(27)26-21-7-5-4-6-20(21)25)13-17(22)14-29-18-9-10-19(24)15(2)12-18/h4-13H,3,14H2,1-2H3,(H,26,27). The first-order valence-electron chi connectivity index (χ1n) is 9.18. The van der Waals surface area contributed by atoms with Crippen LogP contribution in [0.2, 0.25) is 10.0 Å². The van der Waals surface area contributed by atoms with Crippen LogP contribution in [-0.2, 0) is 6.61 Å². The van der Waals surface area contributed by atoms with E-state index in [0.29, 0.717) is 39.4 Å². The third-order valence-electron chi connectivity index (χ3n) is 4.27. The first-order chi connectivity index (χ1) is 14.0. The van der Waals surface area contributed by atoms with E-state index >= 15 is 0 Å². The lowest BCUT2D eigenvalue weighted by Gasteiger charge is -2.14. The molecule has 29 heavy (non-hydrogen) atoms. The van der Waals surface area contributed by atoms with Crippen molar-refractivity contribution >= 4 is 34.8 Å². The molecule has 3 aromatic carbocycles. The van der Waals surface area contributed by atoms with Crippen LogP contribution in [0.5, 0.6) is 11.5 Å². The molecule has 0 saturated carbocycles. The Morgan fingerprint density at radius 3 is 2.48 bits per heavy atom. The van der Waals surface area contributed by atoms with Crippen LogP contribution in [0.3, 0.4) is 0 Å². The number of halogens is 2. The molecule has 150 valence electrons. The van der Waals surface area contributed by atoms with Crippen LogP contribution in [0.15, 0.2) is 60.7 Å². The van der Waals surface area contributed by atoms with Crippen LogP contribution in [0.4, 0.5) is 5.69 Å². The van der Waals surface area contributed by atoms with Gasteiger partial charge in [-0.25, -0.2) is 0 Å². The van der Waals surface area contributed by atoms with Gasteiger partial charge in [0, 0.05) is 16.1 Å². The number of carbonyl (C=O) groups excluding carboxylic acids is 1. The fraction of sp³-hybridized carbons (Fsp3) is 0.174. The Hall–Kier alpha value is -2.69. The summed E-state index contributed by atoms with van der Waals surface area (Å²) in [6.45, 7) is 4.59. The fourth-order valence-electron chi connectivity index (χ4n) is 2.75. The van der Waals surface area contributed by atoms with E-state index in [1.54, 1.807) is 36.4 Å². The van der Waals surface area contributed by atoms with Gasteiger partial charge in [-0.15, -0.1) is 0 Å². The maximum absolute atomic E-state index is 12.7. The van der Waals surface area contributed by atoms with Crippen molar-refractivity contribution in [3.8, 4) is 11.5 Å². The molecule has 0 bridgehead atoms. The predicted octanol–water partition coefficient (Wildman–Crippen LogP) is 6.53. The van der Waals surface area contributed by atoms with Gasteiger partial charge in [0.05, 0.1) is 17.3 Å². The monoisotopic (exact) mass is 429 g/mol. The van der Waals surface area contributed by atoms with Crippen LogP contribution in [0, 0.1) is 6.92 Å². The van der Waals surface area contributed by atoms with E-state index in [1.807, 2.05) is 38.1 Å². The number of carbonyl (C=O) groups is 1. The van der Waals surface area contributed by atoms with E-state index in [9.17, 15) is 4.79 Å². The molecular weight excluding hydrogens is 409 g/mol. The molecule has 0 aliphatic heterocycles.